The summed E-state index contributed by atoms with van der Waals surface area (Å²) in [6, 6.07) is 26.8. The third kappa shape index (κ3) is 2.88. The van der Waals surface area contributed by atoms with Crippen LogP contribution >= 0.6 is 0 Å². The molecule has 0 amide bonds. The van der Waals surface area contributed by atoms with E-state index in [4.69, 9.17) is 5.73 Å². The number of phenols is 1. The lowest BCUT2D eigenvalue weighted by atomic mass is 9.82. The Bertz CT molecular complexity index is 1360. The molecule has 0 heterocycles. The highest BCUT2D eigenvalue weighted by Gasteiger charge is 2.22. The van der Waals surface area contributed by atoms with Crippen LogP contribution in [-0.2, 0) is 0 Å². The van der Waals surface area contributed by atoms with Gasteiger partial charge in [-0.25, -0.2) is 0 Å². The summed E-state index contributed by atoms with van der Waals surface area (Å²) in [6.45, 7) is 0. The van der Waals surface area contributed by atoms with Crippen LogP contribution in [0.3, 0.4) is 0 Å². The molecule has 30 heavy (non-hydrogen) atoms. The number of aromatic hydroxyl groups is 1. The van der Waals surface area contributed by atoms with Gasteiger partial charge in [-0.3, -0.25) is 4.79 Å². The van der Waals surface area contributed by atoms with E-state index in [0.29, 0.717) is 11.3 Å². The highest BCUT2D eigenvalue weighted by Crippen LogP contribution is 2.41. The maximum atomic E-state index is 12.5. The zero-order chi connectivity index (χ0) is 20.7. The molecule has 0 saturated carbocycles. The molecule has 5 rings (SSSR count). The van der Waals surface area contributed by atoms with Crippen molar-refractivity contribution in [1.29, 1.82) is 0 Å². The number of fused-ring (bicyclic) bond motifs is 2. The first-order valence-corrected chi connectivity index (χ1v) is 9.76. The van der Waals surface area contributed by atoms with E-state index in [2.05, 4.69) is 0 Å². The molecule has 0 radical (unpaired) electrons. The van der Waals surface area contributed by atoms with Crippen LogP contribution in [0, 0.1) is 0 Å². The van der Waals surface area contributed by atoms with Crippen LogP contribution in [0.4, 0.5) is 5.69 Å². The number of hydrogen-bond acceptors (Lipinski definition) is 3. The summed E-state index contributed by atoms with van der Waals surface area (Å²) in [5.41, 5.74) is 12.1. The molecule has 0 atom stereocenters. The molecule has 4 aromatic carbocycles. The molecule has 0 aromatic heterocycles. The number of phenolic OH excluding ortho intramolecular Hbond substituents is 1. The molecule has 1 aliphatic carbocycles. The number of nitrogens with two attached hydrogens (primary N) is 1. The predicted molar refractivity (Wildman–Crippen MR) is 122 cm³/mol. The van der Waals surface area contributed by atoms with Gasteiger partial charge in [-0.2, -0.15) is 0 Å². The molecule has 0 fully saturated rings. The molecule has 0 unspecified atom stereocenters. The Morgan fingerprint density at radius 2 is 1.37 bits per heavy atom. The first kappa shape index (κ1) is 18.0. The second kappa shape index (κ2) is 7.05. The average Bonchev–Trinajstić information content (AvgIpc) is 2.78. The second-order valence-corrected chi connectivity index (χ2v) is 7.33. The summed E-state index contributed by atoms with van der Waals surface area (Å²) < 4.78 is 0. The van der Waals surface area contributed by atoms with Crippen LogP contribution in [0.1, 0.15) is 27.0 Å². The highest BCUT2D eigenvalue weighted by atomic mass is 16.3. The zero-order valence-electron chi connectivity index (χ0n) is 16.2. The summed E-state index contributed by atoms with van der Waals surface area (Å²) in [5.74, 6) is 0.243. The monoisotopic (exact) mass is 389 g/mol. The lowest BCUT2D eigenvalue weighted by Crippen LogP contribution is -2.06. The number of carbonyl (C=O) groups is 1. The van der Waals surface area contributed by atoms with Gasteiger partial charge in [0.1, 0.15) is 5.75 Å². The van der Waals surface area contributed by atoms with Gasteiger partial charge >= 0.3 is 0 Å². The normalized spacial score (nSPS) is 14.6. The van der Waals surface area contributed by atoms with Gasteiger partial charge in [-0.1, -0.05) is 66.7 Å². The molecule has 0 bridgehead atoms. The Morgan fingerprint density at radius 3 is 2.13 bits per heavy atom. The van der Waals surface area contributed by atoms with Crippen LogP contribution in [-0.4, -0.2) is 10.9 Å². The fourth-order valence-corrected chi connectivity index (χ4v) is 4.10. The molecule has 144 valence electrons. The van der Waals surface area contributed by atoms with Gasteiger partial charge in [0, 0.05) is 16.6 Å². The lowest BCUT2D eigenvalue weighted by Gasteiger charge is -2.20. The third-order valence-corrected chi connectivity index (χ3v) is 5.52. The summed E-state index contributed by atoms with van der Waals surface area (Å²) in [7, 11) is 0. The number of allylic oxidation sites excluding steroid dienone is 3. The van der Waals surface area contributed by atoms with Crippen molar-refractivity contribution >= 4 is 33.4 Å². The van der Waals surface area contributed by atoms with E-state index < -0.39 is 0 Å². The molecule has 1 aliphatic rings. The van der Waals surface area contributed by atoms with Crippen LogP contribution in [0.5, 0.6) is 5.75 Å². The Balaban J connectivity index is 1.91. The molecule has 3 N–H and O–H groups in total. The van der Waals surface area contributed by atoms with Crippen molar-refractivity contribution < 1.29 is 9.90 Å². The SMILES string of the molecule is Nc1ccc(/C(=C2/C=CC(=O)c3ccccc32)c2ccc(O)c3ccccc23)cc1. The van der Waals surface area contributed by atoms with E-state index in [1.54, 1.807) is 12.1 Å². The number of ketones is 1. The van der Waals surface area contributed by atoms with E-state index in [1.807, 2.05) is 84.9 Å². The summed E-state index contributed by atoms with van der Waals surface area (Å²) in [4.78, 5) is 12.5. The quantitative estimate of drug-likeness (QED) is 0.423. The van der Waals surface area contributed by atoms with Crippen molar-refractivity contribution in [2.75, 3.05) is 5.73 Å². The molecule has 0 saturated heterocycles. The van der Waals surface area contributed by atoms with Gasteiger partial charge in [0.2, 0.25) is 0 Å². The van der Waals surface area contributed by atoms with E-state index in [0.717, 1.165) is 38.6 Å². The Hall–Kier alpha value is -4.11. The summed E-state index contributed by atoms with van der Waals surface area (Å²) in [5, 5.41) is 12.1. The van der Waals surface area contributed by atoms with Crippen LogP contribution in [0.25, 0.3) is 21.9 Å². The van der Waals surface area contributed by atoms with Crippen molar-refractivity contribution in [2.24, 2.45) is 0 Å². The fraction of sp³-hybridized carbons (Fsp3) is 0. The predicted octanol–water partition coefficient (Wildman–Crippen LogP) is 5.84. The molecular formula is C27H19NO2. The van der Waals surface area contributed by atoms with Crippen molar-refractivity contribution in [3.05, 3.63) is 119 Å². The van der Waals surface area contributed by atoms with Crippen molar-refractivity contribution in [3.63, 3.8) is 0 Å². The van der Waals surface area contributed by atoms with Gasteiger partial charge in [0.15, 0.2) is 5.78 Å². The maximum Gasteiger partial charge on any atom is 0.186 e. The topological polar surface area (TPSA) is 63.3 Å². The number of nitrogen functional groups attached to an aromatic ring is 1. The fourth-order valence-electron chi connectivity index (χ4n) is 4.10. The molecular weight excluding hydrogens is 370 g/mol. The Kier molecular flexibility index (Phi) is 4.22. The first-order chi connectivity index (χ1) is 14.6. The zero-order valence-corrected chi connectivity index (χ0v) is 16.2. The van der Waals surface area contributed by atoms with Crippen molar-refractivity contribution in [3.8, 4) is 5.75 Å². The largest absolute Gasteiger partial charge is 0.507 e. The van der Waals surface area contributed by atoms with Crippen molar-refractivity contribution in [1.82, 2.24) is 0 Å². The minimum absolute atomic E-state index is 0.00145. The number of benzene rings is 4. The molecule has 4 aromatic rings. The first-order valence-electron chi connectivity index (χ1n) is 9.76. The van der Waals surface area contributed by atoms with E-state index >= 15 is 0 Å². The standard InChI is InChI=1S/C27H19NO2/c28-18-11-9-17(10-12-18)27(23-13-15-25(29)21-7-3-1-5-19(21)23)24-14-16-26(30)22-8-4-2-6-20(22)24/h1-16,29H,28H2/b27-24+. The Labute approximate surface area is 174 Å². The highest BCUT2D eigenvalue weighted by molar-refractivity contribution is 6.18. The van der Waals surface area contributed by atoms with E-state index in [-0.39, 0.29) is 11.5 Å². The van der Waals surface area contributed by atoms with Gasteiger partial charge in [-0.05, 0) is 63.6 Å². The number of rotatable bonds is 2. The average molecular weight is 389 g/mol. The second-order valence-electron chi connectivity index (χ2n) is 7.33. The van der Waals surface area contributed by atoms with Gasteiger partial charge < -0.3 is 10.8 Å². The minimum Gasteiger partial charge on any atom is -0.507 e. The minimum atomic E-state index is 0.00145. The van der Waals surface area contributed by atoms with Crippen molar-refractivity contribution in [2.45, 2.75) is 0 Å². The van der Waals surface area contributed by atoms with E-state index in [9.17, 15) is 9.90 Å². The van der Waals surface area contributed by atoms with Gasteiger partial charge in [0.25, 0.3) is 0 Å². The number of hydrogen-bond donors (Lipinski definition) is 2. The lowest BCUT2D eigenvalue weighted by molar-refractivity contribution is 0.104. The van der Waals surface area contributed by atoms with Gasteiger partial charge in [0.05, 0.1) is 0 Å². The van der Waals surface area contributed by atoms with Crippen LogP contribution in [0.2, 0.25) is 0 Å². The van der Waals surface area contributed by atoms with E-state index in [1.165, 1.54) is 0 Å². The van der Waals surface area contributed by atoms with Gasteiger partial charge in [-0.15, -0.1) is 0 Å². The number of carbonyl (C=O) groups excluding carboxylic acids is 1. The number of anilines is 1. The molecule has 3 heteroatoms. The maximum absolute atomic E-state index is 12.5. The molecule has 3 nitrogen and oxygen atoms in total. The van der Waals surface area contributed by atoms with Crippen LogP contribution in [0.15, 0.2) is 97.1 Å². The third-order valence-electron chi connectivity index (χ3n) is 5.52. The molecule has 0 aliphatic heterocycles. The smallest absolute Gasteiger partial charge is 0.186 e. The van der Waals surface area contributed by atoms with Crippen LogP contribution < -0.4 is 5.73 Å². The summed E-state index contributed by atoms with van der Waals surface area (Å²) >= 11 is 0. The summed E-state index contributed by atoms with van der Waals surface area (Å²) in [6.07, 6.45) is 3.51. The Morgan fingerprint density at radius 1 is 0.700 bits per heavy atom. The molecule has 0 spiro atoms.